The predicted octanol–water partition coefficient (Wildman–Crippen LogP) is 3.71. The summed E-state index contributed by atoms with van der Waals surface area (Å²) in [5, 5.41) is 7.09. The molecule has 5 nitrogen and oxygen atoms in total. The van der Waals surface area contributed by atoms with Gasteiger partial charge in [0.15, 0.2) is 5.11 Å². The van der Waals surface area contributed by atoms with Gasteiger partial charge >= 0.3 is 0 Å². The standard InChI is InChI=1S/C22H30N4OS/c1-17(2)27-21-6-4-5-19(15-21)24-22(28)23-16-18-7-9-20(10-8-18)26-13-11-25(3)12-14-26/h4-10,15,17H,11-14,16H2,1-3H3,(H2,23,24,28). The monoisotopic (exact) mass is 398 g/mol. The van der Waals surface area contributed by atoms with Crippen LogP contribution in [-0.4, -0.2) is 49.3 Å². The highest BCUT2D eigenvalue weighted by molar-refractivity contribution is 7.80. The highest BCUT2D eigenvalue weighted by Crippen LogP contribution is 2.19. The number of thiocarbonyl (C=S) groups is 1. The number of nitrogens with one attached hydrogen (secondary N) is 2. The molecule has 0 saturated carbocycles. The van der Waals surface area contributed by atoms with Crippen LogP contribution in [0.25, 0.3) is 0 Å². The smallest absolute Gasteiger partial charge is 0.171 e. The first-order valence-corrected chi connectivity index (χ1v) is 10.2. The summed E-state index contributed by atoms with van der Waals surface area (Å²) < 4.78 is 5.72. The van der Waals surface area contributed by atoms with Crippen molar-refractivity contribution < 1.29 is 4.74 Å². The molecule has 1 heterocycles. The van der Waals surface area contributed by atoms with Crippen LogP contribution in [-0.2, 0) is 6.54 Å². The van der Waals surface area contributed by atoms with Crippen LogP contribution in [0.5, 0.6) is 5.75 Å². The maximum absolute atomic E-state index is 5.72. The first kappa shape index (κ1) is 20.4. The molecule has 0 aromatic heterocycles. The lowest BCUT2D eigenvalue weighted by molar-refractivity contribution is 0.242. The van der Waals surface area contributed by atoms with E-state index in [2.05, 4.69) is 51.7 Å². The lowest BCUT2D eigenvalue weighted by atomic mass is 10.2. The van der Waals surface area contributed by atoms with Crippen LogP contribution >= 0.6 is 12.2 Å². The Hall–Kier alpha value is -2.31. The predicted molar refractivity (Wildman–Crippen MR) is 121 cm³/mol. The van der Waals surface area contributed by atoms with Gasteiger partial charge in [-0.25, -0.2) is 0 Å². The zero-order valence-electron chi connectivity index (χ0n) is 16.9. The van der Waals surface area contributed by atoms with E-state index in [9.17, 15) is 0 Å². The molecule has 0 bridgehead atoms. The lowest BCUT2D eigenvalue weighted by Gasteiger charge is -2.34. The van der Waals surface area contributed by atoms with Gasteiger partial charge in [0.2, 0.25) is 0 Å². The fourth-order valence-electron chi connectivity index (χ4n) is 3.17. The SMILES string of the molecule is CC(C)Oc1cccc(NC(=S)NCc2ccc(N3CCN(C)CC3)cc2)c1. The van der Waals surface area contributed by atoms with Crippen LogP contribution in [0.15, 0.2) is 48.5 Å². The van der Waals surface area contributed by atoms with Gasteiger partial charge < -0.3 is 25.2 Å². The van der Waals surface area contributed by atoms with E-state index in [0.717, 1.165) is 37.6 Å². The Labute approximate surface area is 173 Å². The number of ether oxygens (including phenoxy) is 1. The van der Waals surface area contributed by atoms with E-state index in [4.69, 9.17) is 17.0 Å². The molecule has 3 rings (SSSR count). The fraction of sp³-hybridized carbons (Fsp3) is 0.409. The van der Waals surface area contributed by atoms with Crippen molar-refractivity contribution >= 4 is 28.7 Å². The second-order valence-electron chi connectivity index (χ2n) is 7.46. The van der Waals surface area contributed by atoms with Crippen LogP contribution in [0.3, 0.4) is 0 Å². The van der Waals surface area contributed by atoms with Gasteiger partial charge in [-0.3, -0.25) is 0 Å². The minimum absolute atomic E-state index is 0.147. The van der Waals surface area contributed by atoms with Crippen LogP contribution < -0.4 is 20.3 Å². The van der Waals surface area contributed by atoms with E-state index in [0.29, 0.717) is 11.7 Å². The van der Waals surface area contributed by atoms with E-state index in [1.165, 1.54) is 11.3 Å². The maximum atomic E-state index is 5.72. The number of benzene rings is 2. The van der Waals surface area contributed by atoms with Crippen LogP contribution in [0.4, 0.5) is 11.4 Å². The molecule has 0 aliphatic carbocycles. The summed E-state index contributed by atoms with van der Waals surface area (Å²) in [4.78, 5) is 4.81. The number of anilines is 2. The third-order valence-corrected chi connectivity index (χ3v) is 4.97. The van der Waals surface area contributed by atoms with Crippen LogP contribution in [0.2, 0.25) is 0 Å². The topological polar surface area (TPSA) is 39.8 Å². The zero-order valence-corrected chi connectivity index (χ0v) is 17.8. The summed E-state index contributed by atoms with van der Waals surface area (Å²) in [5.74, 6) is 0.835. The molecular weight excluding hydrogens is 368 g/mol. The minimum atomic E-state index is 0.147. The molecule has 0 amide bonds. The Bertz CT molecular complexity index is 770. The lowest BCUT2D eigenvalue weighted by Crippen LogP contribution is -2.44. The van der Waals surface area contributed by atoms with E-state index in [1.807, 2.05) is 38.1 Å². The van der Waals surface area contributed by atoms with Gasteiger partial charge in [-0.2, -0.15) is 0 Å². The van der Waals surface area contributed by atoms with Gasteiger partial charge in [-0.05, 0) is 62.9 Å². The fourth-order valence-corrected chi connectivity index (χ4v) is 3.36. The van der Waals surface area contributed by atoms with E-state index in [-0.39, 0.29) is 6.10 Å². The quantitative estimate of drug-likeness (QED) is 0.723. The summed E-state index contributed by atoms with van der Waals surface area (Å²) in [7, 11) is 2.18. The van der Waals surface area contributed by atoms with Crippen molar-refractivity contribution in [2.45, 2.75) is 26.5 Å². The summed E-state index contributed by atoms with van der Waals surface area (Å²) in [5.41, 5.74) is 3.42. The van der Waals surface area contributed by atoms with Crippen LogP contribution in [0, 0.1) is 0 Å². The summed E-state index contributed by atoms with van der Waals surface area (Å²) in [6.45, 7) is 9.13. The average molecular weight is 399 g/mol. The Morgan fingerprint density at radius 3 is 2.46 bits per heavy atom. The normalized spacial score (nSPS) is 14.8. The van der Waals surface area contributed by atoms with Crippen molar-refractivity contribution in [3.8, 4) is 5.75 Å². The van der Waals surface area contributed by atoms with Crippen LogP contribution in [0.1, 0.15) is 19.4 Å². The Balaban J connectivity index is 1.48. The molecule has 6 heteroatoms. The van der Waals surface area contributed by atoms with Gasteiger partial charge in [0, 0.05) is 50.2 Å². The second kappa shape index (κ2) is 9.75. The second-order valence-corrected chi connectivity index (χ2v) is 7.87. The van der Waals surface area contributed by atoms with Gasteiger partial charge in [-0.15, -0.1) is 0 Å². The molecule has 2 aromatic carbocycles. The van der Waals surface area contributed by atoms with Crippen molar-refractivity contribution in [1.29, 1.82) is 0 Å². The first-order chi connectivity index (χ1) is 13.5. The van der Waals surface area contributed by atoms with Crippen molar-refractivity contribution in [3.63, 3.8) is 0 Å². The molecule has 28 heavy (non-hydrogen) atoms. The number of hydrogen-bond acceptors (Lipinski definition) is 4. The number of hydrogen-bond donors (Lipinski definition) is 2. The molecular formula is C22H30N4OS. The third-order valence-electron chi connectivity index (χ3n) is 4.72. The zero-order chi connectivity index (χ0) is 19.9. The van der Waals surface area contributed by atoms with Gasteiger partial charge in [0.1, 0.15) is 5.75 Å². The molecule has 2 N–H and O–H groups in total. The summed E-state index contributed by atoms with van der Waals surface area (Å²) in [6.07, 6.45) is 0.147. The first-order valence-electron chi connectivity index (χ1n) is 9.83. The Morgan fingerprint density at radius 1 is 1.07 bits per heavy atom. The third kappa shape index (κ3) is 6.11. The maximum Gasteiger partial charge on any atom is 0.171 e. The highest BCUT2D eigenvalue weighted by Gasteiger charge is 2.13. The molecule has 0 atom stereocenters. The number of piperazine rings is 1. The Kier molecular flexibility index (Phi) is 7.12. The molecule has 1 aliphatic rings. The van der Waals surface area contributed by atoms with Crippen molar-refractivity contribution in [2.24, 2.45) is 0 Å². The largest absolute Gasteiger partial charge is 0.491 e. The molecule has 1 fully saturated rings. The van der Waals surface area contributed by atoms with Crippen molar-refractivity contribution in [1.82, 2.24) is 10.2 Å². The van der Waals surface area contributed by atoms with E-state index < -0.39 is 0 Å². The van der Waals surface area contributed by atoms with Gasteiger partial charge in [0.25, 0.3) is 0 Å². The Morgan fingerprint density at radius 2 is 1.79 bits per heavy atom. The van der Waals surface area contributed by atoms with Crippen molar-refractivity contribution in [3.05, 3.63) is 54.1 Å². The minimum Gasteiger partial charge on any atom is -0.491 e. The average Bonchev–Trinajstić information content (AvgIpc) is 2.67. The van der Waals surface area contributed by atoms with Gasteiger partial charge in [0.05, 0.1) is 6.10 Å². The molecule has 1 saturated heterocycles. The highest BCUT2D eigenvalue weighted by atomic mass is 32.1. The summed E-state index contributed by atoms with van der Waals surface area (Å²) in [6, 6.07) is 16.6. The van der Waals surface area contributed by atoms with Crippen molar-refractivity contribution in [2.75, 3.05) is 43.4 Å². The molecule has 0 radical (unpaired) electrons. The summed E-state index contributed by atoms with van der Waals surface area (Å²) >= 11 is 5.43. The number of likely N-dealkylation sites (N-methyl/N-ethyl adjacent to an activating group) is 1. The number of nitrogens with zero attached hydrogens (tertiary/aromatic N) is 2. The number of rotatable bonds is 6. The molecule has 0 spiro atoms. The van der Waals surface area contributed by atoms with E-state index >= 15 is 0 Å². The molecule has 150 valence electrons. The molecule has 2 aromatic rings. The van der Waals surface area contributed by atoms with E-state index in [1.54, 1.807) is 0 Å². The molecule has 0 unspecified atom stereocenters. The van der Waals surface area contributed by atoms with Gasteiger partial charge in [-0.1, -0.05) is 18.2 Å². The molecule has 1 aliphatic heterocycles.